The molecule has 0 aromatic heterocycles. The van der Waals surface area contributed by atoms with Crippen molar-refractivity contribution in [2.45, 2.75) is 50.9 Å². The van der Waals surface area contributed by atoms with Crippen LogP contribution in [0.15, 0.2) is 60.7 Å². The Morgan fingerprint density at radius 2 is 1.42 bits per heavy atom. The lowest BCUT2D eigenvalue weighted by Gasteiger charge is -2.41. The molecule has 0 aliphatic carbocycles. The molecule has 0 atom stereocenters. The predicted molar refractivity (Wildman–Crippen MR) is 104 cm³/mol. The van der Waals surface area contributed by atoms with Gasteiger partial charge in [0, 0.05) is 0 Å². The summed E-state index contributed by atoms with van der Waals surface area (Å²) >= 11 is 0. The number of benzene rings is 2. The molecule has 2 aromatic carbocycles. The zero-order chi connectivity index (χ0) is 17.0. The fraction of sp³-hybridized carbons (Fsp3) is 0.478. The minimum absolute atomic E-state index is 0.251. The zero-order valence-corrected chi connectivity index (χ0v) is 15.5. The molecule has 1 aliphatic rings. The van der Waals surface area contributed by atoms with E-state index in [1.54, 1.807) is 0 Å². The third-order valence-electron chi connectivity index (χ3n) is 6.04. The topological polar surface area (TPSA) is 3.24 Å². The highest BCUT2D eigenvalue weighted by atomic mass is 15.1. The van der Waals surface area contributed by atoms with Gasteiger partial charge in [-0.1, -0.05) is 81.4 Å². The Morgan fingerprint density at radius 1 is 0.875 bits per heavy atom. The molecule has 1 nitrogen and oxygen atoms in total. The van der Waals surface area contributed by atoms with Crippen molar-refractivity contribution in [1.82, 2.24) is 4.90 Å². The van der Waals surface area contributed by atoms with Crippen LogP contribution >= 0.6 is 0 Å². The number of nitrogens with zero attached hydrogens (tertiary/aromatic N) is 1. The fourth-order valence-electron chi connectivity index (χ4n) is 3.87. The Kier molecular flexibility index (Phi) is 5.10. The first kappa shape index (κ1) is 17.2. The maximum absolute atomic E-state index is 2.66. The second kappa shape index (κ2) is 7.11. The molecule has 0 amide bonds. The van der Waals surface area contributed by atoms with E-state index in [1.807, 2.05) is 0 Å². The summed E-state index contributed by atoms with van der Waals surface area (Å²) < 4.78 is 0. The summed E-state index contributed by atoms with van der Waals surface area (Å²) in [4.78, 5) is 2.66. The molecule has 0 saturated carbocycles. The molecule has 1 fully saturated rings. The Morgan fingerprint density at radius 3 is 2.00 bits per heavy atom. The molecule has 2 aromatic rings. The highest BCUT2D eigenvalue weighted by Gasteiger charge is 2.32. The molecule has 0 spiro atoms. The van der Waals surface area contributed by atoms with Crippen LogP contribution < -0.4 is 0 Å². The number of piperidine rings is 1. The Bertz CT molecular complexity index is 622. The van der Waals surface area contributed by atoms with E-state index in [0.717, 1.165) is 0 Å². The van der Waals surface area contributed by atoms with Gasteiger partial charge in [-0.2, -0.15) is 0 Å². The highest BCUT2D eigenvalue weighted by molar-refractivity contribution is 5.25. The van der Waals surface area contributed by atoms with Gasteiger partial charge < -0.3 is 4.90 Å². The fourth-order valence-corrected chi connectivity index (χ4v) is 3.87. The summed E-state index contributed by atoms with van der Waals surface area (Å²) in [5, 5.41) is 0. The van der Waals surface area contributed by atoms with Crippen LogP contribution in [0.1, 0.15) is 51.2 Å². The van der Waals surface area contributed by atoms with E-state index >= 15 is 0 Å². The van der Waals surface area contributed by atoms with E-state index in [0.29, 0.717) is 5.41 Å². The largest absolute Gasteiger partial charge is 0.303 e. The van der Waals surface area contributed by atoms with Crippen LogP contribution in [-0.2, 0) is 10.8 Å². The number of rotatable bonds is 5. The zero-order valence-electron chi connectivity index (χ0n) is 15.5. The van der Waals surface area contributed by atoms with Crippen LogP contribution in [-0.4, -0.2) is 24.5 Å². The molecule has 1 saturated heterocycles. The summed E-state index contributed by atoms with van der Waals surface area (Å²) in [7, 11) is 0. The smallest absolute Gasteiger partial charge is 0.00103 e. The maximum Gasteiger partial charge on any atom is -0.00103 e. The van der Waals surface area contributed by atoms with Gasteiger partial charge in [-0.25, -0.2) is 0 Å². The normalized spacial score (nSPS) is 18.5. The van der Waals surface area contributed by atoms with Crippen LogP contribution in [0.2, 0.25) is 0 Å². The predicted octanol–water partition coefficient (Wildman–Crippen LogP) is 5.41. The monoisotopic (exact) mass is 321 g/mol. The van der Waals surface area contributed by atoms with Crippen molar-refractivity contribution in [3.8, 4) is 0 Å². The van der Waals surface area contributed by atoms with Crippen LogP contribution in [0.3, 0.4) is 0 Å². The Hall–Kier alpha value is -1.60. The molecular formula is C23H31N. The number of hydrogen-bond donors (Lipinski definition) is 0. The van der Waals surface area contributed by atoms with Gasteiger partial charge in [-0.15, -0.1) is 0 Å². The average molecular weight is 322 g/mol. The van der Waals surface area contributed by atoms with Gasteiger partial charge in [0.15, 0.2) is 0 Å². The third-order valence-corrected chi connectivity index (χ3v) is 6.04. The lowest BCUT2D eigenvalue weighted by atomic mass is 9.74. The minimum atomic E-state index is 0.251. The van der Waals surface area contributed by atoms with Gasteiger partial charge in [0.1, 0.15) is 0 Å². The molecule has 24 heavy (non-hydrogen) atoms. The molecule has 0 radical (unpaired) electrons. The van der Waals surface area contributed by atoms with Gasteiger partial charge in [0.05, 0.1) is 0 Å². The molecule has 3 rings (SSSR count). The summed E-state index contributed by atoms with van der Waals surface area (Å²) in [6.45, 7) is 10.8. The van der Waals surface area contributed by atoms with Crippen LogP contribution in [0.5, 0.6) is 0 Å². The van der Waals surface area contributed by atoms with E-state index in [9.17, 15) is 0 Å². The molecule has 128 valence electrons. The van der Waals surface area contributed by atoms with E-state index in [2.05, 4.69) is 86.3 Å². The van der Waals surface area contributed by atoms with Gasteiger partial charge in [-0.3, -0.25) is 0 Å². The molecular weight excluding hydrogens is 290 g/mol. The quantitative estimate of drug-likeness (QED) is 0.712. The second-order valence-electron chi connectivity index (χ2n) is 8.27. The summed E-state index contributed by atoms with van der Waals surface area (Å²) in [5.74, 6) is 0. The molecule has 0 bridgehead atoms. The van der Waals surface area contributed by atoms with Gasteiger partial charge in [-0.05, 0) is 60.9 Å². The van der Waals surface area contributed by atoms with Crippen LogP contribution in [0.25, 0.3) is 0 Å². The Balaban J connectivity index is 1.54. The summed E-state index contributed by atoms with van der Waals surface area (Å²) in [6.07, 6.45) is 3.75. The van der Waals surface area contributed by atoms with Gasteiger partial charge >= 0.3 is 0 Å². The molecule has 1 aliphatic heterocycles. The van der Waals surface area contributed by atoms with Crippen molar-refractivity contribution in [2.75, 3.05) is 19.6 Å². The Labute approximate surface area is 147 Å². The number of hydrogen-bond acceptors (Lipinski definition) is 1. The summed E-state index contributed by atoms with van der Waals surface area (Å²) in [5.41, 5.74) is 3.57. The lowest BCUT2D eigenvalue weighted by molar-refractivity contribution is 0.158. The molecule has 0 N–H and O–H groups in total. The first-order valence-electron chi connectivity index (χ1n) is 9.33. The first-order chi connectivity index (χ1) is 11.5. The van der Waals surface area contributed by atoms with Crippen molar-refractivity contribution >= 4 is 0 Å². The standard InChI is InChI=1S/C23H31N/c1-22(2,20-10-6-4-7-11-20)14-17-24-18-15-23(3,16-19-24)21-12-8-5-9-13-21/h4-13H,14-19H2,1-3H3. The van der Waals surface area contributed by atoms with Gasteiger partial charge in [0.2, 0.25) is 0 Å². The molecule has 0 unspecified atom stereocenters. The van der Waals surface area contributed by atoms with E-state index < -0.39 is 0 Å². The van der Waals surface area contributed by atoms with Gasteiger partial charge in [0.25, 0.3) is 0 Å². The minimum Gasteiger partial charge on any atom is -0.303 e. The van der Waals surface area contributed by atoms with Crippen molar-refractivity contribution in [3.63, 3.8) is 0 Å². The third kappa shape index (κ3) is 3.89. The molecule has 1 heterocycles. The lowest BCUT2D eigenvalue weighted by Crippen LogP contribution is -2.42. The molecule has 1 heteroatoms. The second-order valence-corrected chi connectivity index (χ2v) is 8.27. The van der Waals surface area contributed by atoms with Crippen molar-refractivity contribution < 1.29 is 0 Å². The van der Waals surface area contributed by atoms with Crippen LogP contribution in [0, 0.1) is 0 Å². The average Bonchev–Trinajstić information content (AvgIpc) is 2.63. The van der Waals surface area contributed by atoms with Crippen molar-refractivity contribution in [3.05, 3.63) is 71.8 Å². The summed E-state index contributed by atoms with van der Waals surface area (Å²) in [6, 6.07) is 22.0. The van der Waals surface area contributed by atoms with E-state index in [1.165, 1.54) is 50.0 Å². The highest BCUT2D eigenvalue weighted by Crippen LogP contribution is 2.35. The van der Waals surface area contributed by atoms with E-state index in [-0.39, 0.29) is 5.41 Å². The van der Waals surface area contributed by atoms with Crippen molar-refractivity contribution in [2.24, 2.45) is 0 Å². The maximum atomic E-state index is 2.66. The van der Waals surface area contributed by atoms with Crippen molar-refractivity contribution in [1.29, 1.82) is 0 Å². The number of likely N-dealkylation sites (tertiary alicyclic amines) is 1. The first-order valence-corrected chi connectivity index (χ1v) is 9.33. The van der Waals surface area contributed by atoms with E-state index in [4.69, 9.17) is 0 Å². The SMILES string of the molecule is CC(C)(CCN1CCC(C)(c2ccccc2)CC1)c1ccccc1. The van der Waals surface area contributed by atoms with Crippen LogP contribution in [0.4, 0.5) is 0 Å².